The van der Waals surface area contributed by atoms with Crippen LogP contribution in [0, 0.1) is 0 Å². The fourth-order valence-corrected chi connectivity index (χ4v) is 2.47. The molecule has 0 aliphatic heterocycles. The van der Waals surface area contributed by atoms with E-state index in [1.807, 2.05) is 49.4 Å². The summed E-state index contributed by atoms with van der Waals surface area (Å²) >= 11 is 6.19. The quantitative estimate of drug-likeness (QED) is 0.875. The van der Waals surface area contributed by atoms with Gasteiger partial charge in [-0.05, 0) is 37.1 Å². The average molecular weight is 290 g/mol. The molecule has 0 amide bonds. The van der Waals surface area contributed by atoms with Gasteiger partial charge in [0.2, 0.25) is 0 Å². The van der Waals surface area contributed by atoms with Gasteiger partial charge >= 0.3 is 0 Å². The van der Waals surface area contributed by atoms with Gasteiger partial charge in [0.1, 0.15) is 0 Å². The molecule has 1 N–H and O–H groups in total. The van der Waals surface area contributed by atoms with Gasteiger partial charge in [0.25, 0.3) is 0 Å². The maximum Gasteiger partial charge on any atom is 0.0687 e. The standard InChI is InChI=1S/C17H20ClNO/c1-14(20)13-19(16-8-3-2-4-9-16)12-11-15-7-5-6-10-17(15)18/h2-10,14,20H,11-13H2,1H3. The van der Waals surface area contributed by atoms with Crippen molar-refractivity contribution in [2.45, 2.75) is 19.4 Å². The maximum absolute atomic E-state index is 9.67. The van der Waals surface area contributed by atoms with Gasteiger partial charge in [0, 0.05) is 23.8 Å². The van der Waals surface area contributed by atoms with E-state index in [-0.39, 0.29) is 6.10 Å². The summed E-state index contributed by atoms with van der Waals surface area (Å²) in [6.45, 7) is 3.26. The number of hydrogen-bond acceptors (Lipinski definition) is 2. The van der Waals surface area contributed by atoms with Gasteiger partial charge in [0.05, 0.1) is 6.10 Å². The highest BCUT2D eigenvalue weighted by molar-refractivity contribution is 6.31. The molecule has 2 nitrogen and oxygen atoms in total. The van der Waals surface area contributed by atoms with E-state index in [0.717, 1.165) is 29.2 Å². The molecule has 0 heterocycles. The summed E-state index contributed by atoms with van der Waals surface area (Å²) in [6.07, 6.45) is 0.503. The highest BCUT2D eigenvalue weighted by Gasteiger charge is 2.10. The molecule has 0 saturated carbocycles. The van der Waals surface area contributed by atoms with Crippen LogP contribution >= 0.6 is 11.6 Å². The third-order valence-electron chi connectivity index (χ3n) is 3.21. The SMILES string of the molecule is CC(O)CN(CCc1ccccc1Cl)c1ccccc1. The van der Waals surface area contributed by atoms with Crippen molar-refractivity contribution in [1.29, 1.82) is 0 Å². The Labute approximate surface area is 125 Å². The largest absolute Gasteiger partial charge is 0.392 e. The number of rotatable bonds is 6. The van der Waals surface area contributed by atoms with E-state index in [1.165, 1.54) is 0 Å². The molecular formula is C17H20ClNO. The topological polar surface area (TPSA) is 23.5 Å². The Morgan fingerprint density at radius 3 is 2.35 bits per heavy atom. The van der Waals surface area contributed by atoms with Crippen molar-refractivity contribution < 1.29 is 5.11 Å². The van der Waals surface area contributed by atoms with Gasteiger partial charge in [-0.15, -0.1) is 0 Å². The van der Waals surface area contributed by atoms with Crippen LogP contribution in [0.3, 0.4) is 0 Å². The zero-order valence-corrected chi connectivity index (χ0v) is 12.4. The molecule has 0 radical (unpaired) electrons. The Morgan fingerprint density at radius 2 is 1.70 bits per heavy atom. The van der Waals surface area contributed by atoms with Crippen molar-refractivity contribution in [2.75, 3.05) is 18.0 Å². The number of benzene rings is 2. The van der Waals surface area contributed by atoms with Crippen LogP contribution in [0.1, 0.15) is 12.5 Å². The van der Waals surface area contributed by atoms with Crippen LogP contribution in [0.15, 0.2) is 54.6 Å². The van der Waals surface area contributed by atoms with Crippen molar-refractivity contribution in [3.8, 4) is 0 Å². The van der Waals surface area contributed by atoms with Crippen molar-refractivity contribution in [1.82, 2.24) is 0 Å². The molecule has 2 aromatic rings. The summed E-state index contributed by atoms with van der Waals surface area (Å²) in [4.78, 5) is 2.19. The summed E-state index contributed by atoms with van der Waals surface area (Å²) < 4.78 is 0. The highest BCUT2D eigenvalue weighted by atomic mass is 35.5. The number of para-hydroxylation sites is 1. The van der Waals surface area contributed by atoms with Crippen molar-refractivity contribution in [3.63, 3.8) is 0 Å². The van der Waals surface area contributed by atoms with E-state index >= 15 is 0 Å². The molecule has 1 atom stereocenters. The van der Waals surface area contributed by atoms with Crippen LogP contribution in [0.25, 0.3) is 0 Å². The molecule has 0 fully saturated rings. The molecule has 0 aliphatic rings. The normalized spacial score (nSPS) is 12.2. The van der Waals surface area contributed by atoms with E-state index in [4.69, 9.17) is 11.6 Å². The lowest BCUT2D eigenvalue weighted by Crippen LogP contribution is -2.32. The molecule has 3 heteroatoms. The number of halogens is 1. The Morgan fingerprint density at radius 1 is 1.05 bits per heavy atom. The van der Waals surface area contributed by atoms with E-state index in [0.29, 0.717) is 6.54 Å². The van der Waals surface area contributed by atoms with Gasteiger partial charge < -0.3 is 10.0 Å². The number of hydrogen-bond donors (Lipinski definition) is 1. The first-order valence-electron chi connectivity index (χ1n) is 6.88. The zero-order chi connectivity index (χ0) is 14.4. The van der Waals surface area contributed by atoms with E-state index < -0.39 is 0 Å². The van der Waals surface area contributed by atoms with Crippen molar-refractivity contribution in [3.05, 3.63) is 65.2 Å². The van der Waals surface area contributed by atoms with Crippen LogP contribution in [0.5, 0.6) is 0 Å². The summed E-state index contributed by atoms with van der Waals surface area (Å²) in [5.41, 5.74) is 2.26. The lowest BCUT2D eigenvalue weighted by Gasteiger charge is -2.26. The van der Waals surface area contributed by atoms with Gasteiger partial charge in [-0.1, -0.05) is 48.0 Å². The maximum atomic E-state index is 9.67. The van der Waals surface area contributed by atoms with Crippen LogP contribution in [-0.4, -0.2) is 24.3 Å². The summed E-state index contributed by atoms with van der Waals surface area (Å²) in [5.74, 6) is 0. The first kappa shape index (κ1) is 14.9. The Kier molecular flexibility index (Phi) is 5.45. The van der Waals surface area contributed by atoms with E-state index in [1.54, 1.807) is 0 Å². The Bertz CT molecular complexity index is 528. The minimum absolute atomic E-state index is 0.360. The fraction of sp³-hybridized carbons (Fsp3) is 0.294. The number of aliphatic hydroxyl groups is 1. The zero-order valence-electron chi connectivity index (χ0n) is 11.7. The molecule has 2 aromatic carbocycles. The minimum atomic E-state index is -0.360. The average Bonchev–Trinajstić information content (AvgIpc) is 2.45. The predicted molar refractivity (Wildman–Crippen MR) is 85.5 cm³/mol. The molecule has 20 heavy (non-hydrogen) atoms. The summed E-state index contributed by atoms with van der Waals surface area (Å²) in [7, 11) is 0. The number of anilines is 1. The third kappa shape index (κ3) is 4.26. The molecule has 1 unspecified atom stereocenters. The second-order valence-corrected chi connectivity index (χ2v) is 5.38. The molecule has 0 bridgehead atoms. The van der Waals surface area contributed by atoms with E-state index in [2.05, 4.69) is 17.0 Å². The van der Waals surface area contributed by atoms with Crippen molar-refractivity contribution in [2.24, 2.45) is 0 Å². The predicted octanol–water partition coefficient (Wildman–Crippen LogP) is 3.77. The molecule has 0 aliphatic carbocycles. The fourth-order valence-electron chi connectivity index (χ4n) is 2.24. The van der Waals surface area contributed by atoms with Gasteiger partial charge in [-0.2, -0.15) is 0 Å². The molecular weight excluding hydrogens is 270 g/mol. The summed E-state index contributed by atoms with van der Waals surface area (Å²) in [5, 5.41) is 10.5. The van der Waals surface area contributed by atoms with Gasteiger partial charge in [0.15, 0.2) is 0 Å². The smallest absolute Gasteiger partial charge is 0.0687 e. The van der Waals surface area contributed by atoms with Crippen molar-refractivity contribution >= 4 is 17.3 Å². The second-order valence-electron chi connectivity index (χ2n) is 4.97. The van der Waals surface area contributed by atoms with E-state index in [9.17, 15) is 5.11 Å². The second kappa shape index (κ2) is 7.32. The van der Waals surface area contributed by atoms with Crippen LogP contribution in [0.4, 0.5) is 5.69 Å². The monoisotopic (exact) mass is 289 g/mol. The molecule has 0 aromatic heterocycles. The Hall–Kier alpha value is -1.51. The number of nitrogens with zero attached hydrogens (tertiary/aromatic N) is 1. The van der Waals surface area contributed by atoms with Crippen LogP contribution in [-0.2, 0) is 6.42 Å². The highest BCUT2D eigenvalue weighted by Crippen LogP contribution is 2.18. The molecule has 0 saturated heterocycles. The number of aliphatic hydroxyl groups excluding tert-OH is 1. The lowest BCUT2D eigenvalue weighted by atomic mass is 10.1. The minimum Gasteiger partial charge on any atom is -0.392 e. The van der Waals surface area contributed by atoms with Crippen LogP contribution in [0.2, 0.25) is 5.02 Å². The Balaban J connectivity index is 2.07. The molecule has 2 rings (SSSR count). The summed E-state index contributed by atoms with van der Waals surface area (Å²) in [6, 6.07) is 18.1. The first-order valence-corrected chi connectivity index (χ1v) is 7.26. The molecule has 0 spiro atoms. The lowest BCUT2D eigenvalue weighted by molar-refractivity contribution is 0.200. The third-order valence-corrected chi connectivity index (χ3v) is 3.58. The first-order chi connectivity index (χ1) is 9.66. The van der Waals surface area contributed by atoms with Crippen LogP contribution < -0.4 is 4.90 Å². The van der Waals surface area contributed by atoms with Gasteiger partial charge in [-0.25, -0.2) is 0 Å². The van der Waals surface area contributed by atoms with Gasteiger partial charge in [-0.3, -0.25) is 0 Å². The molecule has 106 valence electrons.